The molecule has 2 aliphatic rings. The number of thioether (sulfide) groups is 1. The summed E-state index contributed by atoms with van der Waals surface area (Å²) in [7, 11) is 0. The molecule has 2 heterocycles. The Morgan fingerprint density at radius 3 is 2.67 bits per heavy atom. The van der Waals surface area contributed by atoms with E-state index in [1.165, 1.54) is 56.8 Å². The van der Waals surface area contributed by atoms with E-state index in [-0.39, 0.29) is 0 Å². The maximum Gasteiger partial charge on any atom is 0.0192 e. The molecule has 0 saturated carbocycles. The van der Waals surface area contributed by atoms with Crippen molar-refractivity contribution in [3.05, 3.63) is 0 Å². The molecule has 0 aromatic carbocycles. The van der Waals surface area contributed by atoms with Crippen molar-refractivity contribution >= 4 is 11.8 Å². The van der Waals surface area contributed by atoms with Gasteiger partial charge in [-0.25, -0.2) is 0 Å². The number of nitrogens with one attached hydrogen (secondary N) is 1. The molecule has 3 heteroatoms. The lowest BCUT2D eigenvalue weighted by Crippen LogP contribution is -2.48. The predicted octanol–water partition coefficient (Wildman–Crippen LogP) is 2.98. The Hall–Kier alpha value is 0.270. The minimum Gasteiger partial charge on any atom is -0.312 e. The highest BCUT2D eigenvalue weighted by molar-refractivity contribution is 7.99. The molecule has 2 rings (SSSR count). The Labute approximate surface area is 117 Å². The summed E-state index contributed by atoms with van der Waals surface area (Å²) in [6.07, 6.45) is 5.57. The van der Waals surface area contributed by atoms with Gasteiger partial charge in [-0.3, -0.25) is 4.90 Å². The smallest absolute Gasteiger partial charge is 0.0192 e. The number of piperidine rings is 1. The average molecular weight is 270 g/mol. The first-order valence-electron chi connectivity index (χ1n) is 7.62. The van der Waals surface area contributed by atoms with E-state index in [1.54, 1.807) is 0 Å². The molecule has 2 unspecified atom stereocenters. The van der Waals surface area contributed by atoms with Gasteiger partial charge in [-0.1, -0.05) is 20.3 Å². The quantitative estimate of drug-likeness (QED) is 0.845. The SMILES string of the molecule is CC(CNC1CSCC(C)(C)C1)N1CCCCC1. The molecule has 0 aromatic heterocycles. The van der Waals surface area contributed by atoms with E-state index in [0.717, 1.165) is 6.04 Å². The van der Waals surface area contributed by atoms with Crippen molar-refractivity contribution in [1.82, 2.24) is 10.2 Å². The van der Waals surface area contributed by atoms with Gasteiger partial charge in [0.05, 0.1) is 0 Å². The summed E-state index contributed by atoms with van der Waals surface area (Å²) >= 11 is 2.12. The van der Waals surface area contributed by atoms with Gasteiger partial charge in [0.1, 0.15) is 0 Å². The number of hydrogen-bond acceptors (Lipinski definition) is 3. The third-order valence-corrected chi connectivity index (χ3v) is 5.95. The Balaban J connectivity index is 1.70. The molecule has 106 valence electrons. The minimum absolute atomic E-state index is 0.523. The van der Waals surface area contributed by atoms with Gasteiger partial charge in [-0.05, 0) is 50.4 Å². The fourth-order valence-electron chi connectivity index (χ4n) is 3.22. The molecular weight excluding hydrogens is 240 g/mol. The van der Waals surface area contributed by atoms with E-state index >= 15 is 0 Å². The molecule has 0 amide bonds. The van der Waals surface area contributed by atoms with Crippen LogP contribution in [0.5, 0.6) is 0 Å². The Kier molecular flexibility index (Phi) is 5.40. The second-order valence-corrected chi connectivity index (χ2v) is 7.96. The third-order valence-electron chi connectivity index (χ3n) is 4.33. The van der Waals surface area contributed by atoms with Crippen LogP contribution in [0.15, 0.2) is 0 Å². The topological polar surface area (TPSA) is 15.3 Å². The third kappa shape index (κ3) is 4.43. The fraction of sp³-hybridized carbons (Fsp3) is 1.00. The summed E-state index contributed by atoms with van der Waals surface area (Å²) in [5, 5.41) is 3.81. The van der Waals surface area contributed by atoms with Crippen molar-refractivity contribution in [3.8, 4) is 0 Å². The molecule has 2 fully saturated rings. The Morgan fingerprint density at radius 2 is 2.00 bits per heavy atom. The van der Waals surface area contributed by atoms with E-state index in [2.05, 4.69) is 42.7 Å². The molecule has 0 bridgehead atoms. The van der Waals surface area contributed by atoms with Crippen molar-refractivity contribution in [2.75, 3.05) is 31.1 Å². The molecule has 2 saturated heterocycles. The number of likely N-dealkylation sites (tertiary alicyclic amines) is 1. The van der Waals surface area contributed by atoms with Crippen molar-refractivity contribution in [2.45, 2.75) is 58.5 Å². The predicted molar refractivity (Wildman–Crippen MR) is 82.4 cm³/mol. The van der Waals surface area contributed by atoms with Gasteiger partial charge in [0.25, 0.3) is 0 Å². The summed E-state index contributed by atoms with van der Waals surface area (Å²) in [5.74, 6) is 2.63. The van der Waals surface area contributed by atoms with Crippen LogP contribution in [-0.2, 0) is 0 Å². The van der Waals surface area contributed by atoms with E-state index in [0.29, 0.717) is 11.5 Å². The lowest BCUT2D eigenvalue weighted by atomic mass is 9.88. The van der Waals surface area contributed by atoms with Crippen LogP contribution >= 0.6 is 11.8 Å². The Bertz CT molecular complexity index is 249. The van der Waals surface area contributed by atoms with Crippen LogP contribution in [0.4, 0.5) is 0 Å². The van der Waals surface area contributed by atoms with Gasteiger partial charge < -0.3 is 5.32 Å². The van der Waals surface area contributed by atoms with Gasteiger partial charge in [0.2, 0.25) is 0 Å². The molecule has 2 aliphatic heterocycles. The molecular formula is C15H30N2S. The second-order valence-electron chi connectivity index (χ2n) is 6.93. The van der Waals surface area contributed by atoms with Gasteiger partial charge in [-0.2, -0.15) is 11.8 Å². The van der Waals surface area contributed by atoms with E-state index in [1.807, 2.05) is 0 Å². The summed E-state index contributed by atoms with van der Waals surface area (Å²) in [6, 6.07) is 1.44. The van der Waals surface area contributed by atoms with Crippen LogP contribution in [0.3, 0.4) is 0 Å². The van der Waals surface area contributed by atoms with Crippen LogP contribution < -0.4 is 5.32 Å². The average Bonchev–Trinajstić information content (AvgIpc) is 2.36. The normalized spacial score (nSPS) is 31.2. The Morgan fingerprint density at radius 1 is 1.28 bits per heavy atom. The highest BCUT2D eigenvalue weighted by atomic mass is 32.2. The molecule has 1 N–H and O–H groups in total. The largest absolute Gasteiger partial charge is 0.312 e. The minimum atomic E-state index is 0.523. The van der Waals surface area contributed by atoms with E-state index in [9.17, 15) is 0 Å². The highest BCUT2D eigenvalue weighted by Gasteiger charge is 2.28. The van der Waals surface area contributed by atoms with E-state index < -0.39 is 0 Å². The lowest BCUT2D eigenvalue weighted by molar-refractivity contribution is 0.165. The summed E-state index contributed by atoms with van der Waals surface area (Å²) in [6.45, 7) is 11.0. The van der Waals surface area contributed by atoms with Gasteiger partial charge in [-0.15, -0.1) is 0 Å². The molecule has 0 aromatic rings. The standard InChI is InChI=1S/C15H30N2S/c1-13(17-7-5-4-6-8-17)10-16-14-9-15(2,3)12-18-11-14/h13-14,16H,4-12H2,1-3H3. The monoisotopic (exact) mass is 270 g/mol. The van der Waals surface area contributed by atoms with Crippen LogP contribution in [0.2, 0.25) is 0 Å². The zero-order chi connectivity index (χ0) is 13.0. The first kappa shape index (κ1) is 14.7. The molecule has 18 heavy (non-hydrogen) atoms. The van der Waals surface area contributed by atoms with Gasteiger partial charge in [0.15, 0.2) is 0 Å². The van der Waals surface area contributed by atoms with Gasteiger partial charge >= 0.3 is 0 Å². The molecule has 0 radical (unpaired) electrons. The van der Waals surface area contributed by atoms with Crippen LogP contribution in [0, 0.1) is 5.41 Å². The first-order valence-corrected chi connectivity index (χ1v) is 8.77. The van der Waals surface area contributed by atoms with Crippen molar-refractivity contribution in [2.24, 2.45) is 5.41 Å². The maximum atomic E-state index is 3.81. The zero-order valence-corrected chi connectivity index (χ0v) is 13.2. The van der Waals surface area contributed by atoms with Crippen molar-refractivity contribution < 1.29 is 0 Å². The maximum absolute atomic E-state index is 3.81. The van der Waals surface area contributed by atoms with Gasteiger partial charge in [0, 0.05) is 24.4 Å². The summed E-state index contributed by atoms with van der Waals surface area (Å²) < 4.78 is 0. The van der Waals surface area contributed by atoms with Crippen LogP contribution in [0.25, 0.3) is 0 Å². The number of rotatable bonds is 4. The van der Waals surface area contributed by atoms with E-state index in [4.69, 9.17) is 0 Å². The number of nitrogens with zero attached hydrogens (tertiary/aromatic N) is 1. The van der Waals surface area contributed by atoms with Crippen LogP contribution in [0.1, 0.15) is 46.5 Å². The van der Waals surface area contributed by atoms with Crippen molar-refractivity contribution in [3.63, 3.8) is 0 Å². The molecule has 2 nitrogen and oxygen atoms in total. The number of hydrogen-bond donors (Lipinski definition) is 1. The van der Waals surface area contributed by atoms with Crippen molar-refractivity contribution in [1.29, 1.82) is 0 Å². The lowest BCUT2D eigenvalue weighted by Gasteiger charge is -2.37. The zero-order valence-electron chi connectivity index (χ0n) is 12.4. The molecule has 2 atom stereocenters. The second kappa shape index (κ2) is 6.62. The first-order chi connectivity index (χ1) is 8.57. The fourth-order valence-corrected chi connectivity index (χ4v) is 4.53. The van der Waals surface area contributed by atoms with Crippen LogP contribution in [-0.4, -0.2) is 48.1 Å². The summed E-state index contributed by atoms with van der Waals surface area (Å²) in [4.78, 5) is 2.66. The molecule has 0 aliphatic carbocycles. The summed E-state index contributed by atoms with van der Waals surface area (Å²) in [5.41, 5.74) is 0.523. The highest BCUT2D eigenvalue weighted by Crippen LogP contribution is 2.33. The molecule has 0 spiro atoms.